The second kappa shape index (κ2) is 6.04. The molecule has 106 valence electrons. The van der Waals surface area contributed by atoms with Crippen LogP contribution < -0.4 is 4.74 Å². The summed E-state index contributed by atoms with van der Waals surface area (Å²) in [6.45, 7) is 1.95. The Hall–Kier alpha value is -1.23. The lowest BCUT2D eigenvalue weighted by molar-refractivity contribution is 0.0526. The zero-order valence-electron chi connectivity index (χ0n) is 10.7. The van der Waals surface area contributed by atoms with Gasteiger partial charge in [-0.1, -0.05) is 34.8 Å². The van der Waals surface area contributed by atoms with Crippen molar-refractivity contribution in [2.24, 2.45) is 0 Å². The van der Waals surface area contributed by atoms with Gasteiger partial charge in [-0.3, -0.25) is 4.98 Å². The van der Waals surface area contributed by atoms with E-state index in [1.165, 1.54) is 19.4 Å². The first-order valence-corrected chi connectivity index (χ1v) is 6.82. The summed E-state index contributed by atoms with van der Waals surface area (Å²) in [5.41, 5.74) is 0.537. The lowest BCUT2D eigenvalue weighted by atomic mass is 10.1. The number of carbonyl (C=O) groups excluding carboxylic acids is 1. The van der Waals surface area contributed by atoms with Crippen LogP contribution in [0.4, 0.5) is 0 Å². The Bertz CT molecular complexity index is 688. The Morgan fingerprint density at radius 2 is 2.00 bits per heavy atom. The maximum absolute atomic E-state index is 11.8. The van der Waals surface area contributed by atoms with Crippen molar-refractivity contribution < 1.29 is 14.3 Å². The molecule has 0 saturated carbocycles. The van der Waals surface area contributed by atoms with E-state index >= 15 is 0 Å². The van der Waals surface area contributed by atoms with Crippen LogP contribution in [0, 0.1) is 0 Å². The smallest absolute Gasteiger partial charge is 0.341 e. The van der Waals surface area contributed by atoms with Crippen LogP contribution in [0.15, 0.2) is 12.3 Å². The fraction of sp³-hybridized carbons (Fsp3) is 0.231. The zero-order chi connectivity index (χ0) is 14.9. The van der Waals surface area contributed by atoms with Gasteiger partial charge in [-0.05, 0) is 13.0 Å². The van der Waals surface area contributed by atoms with Crippen LogP contribution in [0.25, 0.3) is 10.9 Å². The number of nitrogens with zero attached hydrogens (tertiary/aromatic N) is 1. The summed E-state index contributed by atoms with van der Waals surface area (Å²) in [5, 5.41) is 1.17. The summed E-state index contributed by atoms with van der Waals surface area (Å²) in [6, 6.07) is 1.49. The van der Waals surface area contributed by atoms with E-state index in [1.807, 2.05) is 0 Å². The highest BCUT2D eigenvalue weighted by Gasteiger charge is 2.20. The molecule has 0 atom stereocenters. The van der Waals surface area contributed by atoms with Crippen molar-refractivity contribution in [2.75, 3.05) is 13.7 Å². The molecule has 0 saturated heterocycles. The van der Waals surface area contributed by atoms with Gasteiger partial charge in [0.25, 0.3) is 0 Å². The van der Waals surface area contributed by atoms with Crippen molar-refractivity contribution in [3.63, 3.8) is 0 Å². The Kier molecular flexibility index (Phi) is 4.58. The van der Waals surface area contributed by atoms with E-state index in [1.54, 1.807) is 6.92 Å². The van der Waals surface area contributed by atoms with Crippen molar-refractivity contribution in [1.82, 2.24) is 4.98 Å². The molecule has 1 aromatic carbocycles. The van der Waals surface area contributed by atoms with Crippen LogP contribution in [-0.2, 0) is 4.74 Å². The predicted molar refractivity (Wildman–Crippen MR) is 79.3 cm³/mol. The van der Waals surface area contributed by atoms with Crippen LogP contribution in [0.5, 0.6) is 5.75 Å². The fourth-order valence-electron chi connectivity index (χ4n) is 1.79. The van der Waals surface area contributed by atoms with Gasteiger partial charge in [-0.15, -0.1) is 0 Å². The summed E-state index contributed by atoms with van der Waals surface area (Å²) >= 11 is 18.4. The predicted octanol–water partition coefficient (Wildman–Crippen LogP) is 4.38. The number of carbonyl (C=O) groups is 1. The van der Waals surface area contributed by atoms with Gasteiger partial charge >= 0.3 is 5.97 Å². The molecule has 0 fully saturated rings. The van der Waals surface area contributed by atoms with Gasteiger partial charge in [0.15, 0.2) is 5.75 Å². The summed E-state index contributed by atoms with van der Waals surface area (Å²) in [4.78, 5) is 16.0. The fourth-order valence-corrected chi connectivity index (χ4v) is 2.78. The summed E-state index contributed by atoms with van der Waals surface area (Å²) in [7, 11) is 1.46. The number of hydrogen-bond donors (Lipinski definition) is 0. The highest BCUT2D eigenvalue weighted by Crippen LogP contribution is 2.41. The van der Waals surface area contributed by atoms with E-state index in [4.69, 9.17) is 44.3 Å². The van der Waals surface area contributed by atoms with Crippen molar-refractivity contribution in [3.8, 4) is 5.75 Å². The third kappa shape index (κ3) is 2.51. The lowest BCUT2D eigenvalue weighted by Crippen LogP contribution is -2.06. The Morgan fingerprint density at radius 1 is 1.30 bits per heavy atom. The number of benzene rings is 1. The standard InChI is InChI=1S/C13H10Cl3NO3/c1-3-20-13(18)6-5-17-11-9(10(6)16)7(14)4-8(15)12(11)19-2/h4-5H,3H2,1-2H3. The number of aromatic nitrogens is 1. The van der Waals surface area contributed by atoms with Crippen molar-refractivity contribution in [3.05, 3.63) is 32.9 Å². The Morgan fingerprint density at radius 3 is 2.60 bits per heavy atom. The van der Waals surface area contributed by atoms with E-state index in [9.17, 15) is 4.79 Å². The molecule has 1 aromatic heterocycles. The quantitative estimate of drug-likeness (QED) is 0.782. The first-order chi connectivity index (χ1) is 9.51. The van der Waals surface area contributed by atoms with Crippen molar-refractivity contribution in [2.45, 2.75) is 6.92 Å². The number of pyridine rings is 1. The van der Waals surface area contributed by atoms with E-state index in [0.29, 0.717) is 21.7 Å². The third-order valence-electron chi connectivity index (χ3n) is 2.64. The molecule has 4 nitrogen and oxygen atoms in total. The lowest BCUT2D eigenvalue weighted by Gasteiger charge is -2.12. The number of methoxy groups -OCH3 is 1. The number of fused-ring (bicyclic) bond motifs is 1. The molecule has 0 radical (unpaired) electrons. The Labute approximate surface area is 130 Å². The molecular weight excluding hydrogens is 325 g/mol. The maximum Gasteiger partial charge on any atom is 0.341 e. The van der Waals surface area contributed by atoms with Gasteiger partial charge in [0.1, 0.15) is 5.52 Å². The van der Waals surface area contributed by atoms with Crippen LogP contribution in [0.3, 0.4) is 0 Å². The largest absolute Gasteiger partial charge is 0.493 e. The molecule has 0 N–H and O–H groups in total. The van der Waals surface area contributed by atoms with Crippen LogP contribution in [0.2, 0.25) is 15.1 Å². The summed E-state index contributed by atoms with van der Waals surface area (Å²) in [5.74, 6) is -0.208. The van der Waals surface area contributed by atoms with E-state index < -0.39 is 5.97 Å². The highest BCUT2D eigenvalue weighted by atomic mass is 35.5. The van der Waals surface area contributed by atoms with Gasteiger partial charge < -0.3 is 9.47 Å². The normalized spacial score (nSPS) is 10.7. The average molecular weight is 335 g/mol. The topological polar surface area (TPSA) is 48.4 Å². The van der Waals surface area contributed by atoms with Crippen molar-refractivity contribution >= 4 is 51.7 Å². The summed E-state index contributed by atoms with van der Waals surface area (Å²) in [6.07, 6.45) is 1.32. The number of esters is 1. The summed E-state index contributed by atoms with van der Waals surface area (Å²) < 4.78 is 10.1. The molecule has 7 heteroatoms. The van der Waals surface area contributed by atoms with Crippen LogP contribution in [0.1, 0.15) is 17.3 Å². The Balaban J connectivity index is 2.76. The molecule has 0 amide bonds. The van der Waals surface area contributed by atoms with Gasteiger partial charge in [-0.2, -0.15) is 0 Å². The van der Waals surface area contributed by atoms with Gasteiger partial charge in [0.2, 0.25) is 0 Å². The molecule has 0 spiro atoms. The third-order valence-corrected chi connectivity index (χ3v) is 3.61. The molecule has 1 heterocycles. The van der Waals surface area contributed by atoms with Gasteiger partial charge in [-0.25, -0.2) is 4.79 Å². The SMILES string of the molecule is CCOC(=O)c1cnc2c(OC)c(Cl)cc(Cl)c2c1Cl. The molecule has 2 aromatic rings. The minimum absolute atomic E-state index is 0.146. The highest BCUT2D eigenvalue weighted by molar-refractivity contribution is 6.45. The molecule has 0 aliphatic carbocycles. The zero-order valence-corrected chi connectivity index (χ0v) is 12.9. The second-order valence-corrected chi connectivity index (χ2v) is 5.00. The minimum atomic E-state index is -0.558. The van der Waals surface area contributed by atoms with E-state index in [0.717, 1.165) is 0 Å². The van der Waals surface area contributed by atoms with Crippen LogP contribution >= 0.6 is 34.8 Å². The number of rotatable bonds is 3. The molecule has 2 rings (SSSR count). The number of ether oxygens (including phenoxy) is 2. The average Bonchev–Trinajstić information content (AvgIpc) is 2.39. The molecular formula is C13H10Cl3NO3. The number of halogens is 3. The first-order valence-electron chi connectivity index (χ1n) is 5.68. The van der Waals surface area contributed by atoms with E-state index in [-0.39, 0.29) is 22.2 Å². The van der Waals surface area contributed by atoms with Crippen LogP contribution in [-0.4, -0.2) is 24.7 Å². The van der Waals surface area contributed by atoms with Gasteiger partial charge in [0, 0.05) is 11.6 Å². The number of hydrogen-bond acceptors (Lipinski definition) is 4. The molecule has 0 aliphatic heterocycles. The monoisotopic (exact) mass is 333 g/mol. The molecule has 0 aliphatic rings. The first kappa shape index (κ1) is 15.2. The maximum atomic E-state index is 11.8. The minimum Gasteiger partial charge on any atom is -0.493 e. The second-order valence-electron chi connectivity index (χ2n) is 3.80. The van der Waals surface area contributed by atoms with Gasteiger partial charge in [0.05, 0.1) is 34.3 Å². The van der Waals surface area contributed by atoms with E-state index in [2.05, 4.69) is 4.98 Å². The van der Waals surface area contributed by atoms with Crippen molar-refractivity contribution in [1.29, 1.82) is 0 Å². The molecule has 0 unspecified atom stereocenters. The molecule has 0 bridgehead atoms. The molecule has 20 heavy (non-hydrogen) atoms.